The molecule has 1 nitrogen and oxygen atoms in total. The average molecular weight is 391 g/mol. The van der Waals surface area contributed by atoms with Gasteiger partial charge in [-0.3, -0.25) is 0 Å². The molecule has 0 saturated heterocycles. The Bertz CT molecular complexity index is 406. The zero-order valence-corrected chi connectivity index (χ0v) is 19.5. The molecule has 1 unspecified atom stereocenters. The molecule has 0 aliphatic carbocycles. The Balaban J connectivity index is 1.74. The fraction of sp³-hybridized carbons (Fsp3) is 0.760. The molecule has 0 spiro atoms. The predicted octanol–water partition coefficient (Wildman–Crippen LogP) is 7.53. The molecule has 1 atom stereocenters. The highest BCUT2D eigenvalue weighted by Crippen LogP contribution is 2.13. The van der Waals surface area contributed by atoms with Crippen LogP contribution in [-0.2, 0) is 4.43 Å². The smallest absolute Gasteiger partial charge is 0.205 e. The molecular weight excluding hydrogens is 344 g/mol. The monoisotopic (exact) mass is 390 g/mol. The molecule has 0 radical (unpaired) electrons. The lowest BCUT2D eigenvalue weighted by Crippen LogP contribution is -2.30. The summed E-state index contributed by atoms with van der Waals surface area (Å²) in [4.78, 5) is 0. The second-order valence-electron chi connectivity index (χ2n) is 8.23. The molecule has 0 fully saturated rings. The van der Waals surface area contributed by atoms with Crippen molar-refractivity contribution >= 4 is 14.2 Å². The SMILES string of the molecule is CCCCCCCCCCCCCCCCCCO[SiH](C)c1ccccc1. The Morgan fingerprint density at radius 3 is 1.44 bits per heavy atom. The highest BCUT2D eigenvalue weighted by atomic mass is 28.3. The highest BCUT2D eigenvalue weighted by molar-refractivity contribution is 6.66. The van der Waals surface area contributed by atoms with Gasteiger partial charge >= 0.3 is 0 Å². The fourth-order valence-electron chi connectivity index (χ4n) is 3.73. The second kappa shape index (κ2) is 18.7. The normalized spacial score (nSPS) is 12.4. The predicted molar refractivity (Wildman–Crippen MR) is 125 cm³/mol. The molecule has 27 heavy (non-hydrogen) atoms. The van der Waals surface area contributed by atoms with E-state index in [9.17, 15) is 0 Å². The molecule has 0 saturated carbocycles. The van der Waals surface area contributed by atoms with E-state index in [-0.39, 0.29) is 0 Å². The number of hydrogen-bond donors (Lipinski definition) is 0. The quantitative estimate of drug-likeness (QED) is 0.175. The maximum atomic E-state index is 6.09. The van der Waals surface area contributed by atoms with Gasteiger partial charge in [-0.2, -0.15) is 0 Å². The standard InChI is InChI=1S/C25H46OSi/c1-3-4-5-6-7-8-9-10-11-12-13-14-15-16-17-21-24-26-27(2)25-22-19-18-20-23-25/h18-20,22-23,27H,3-17,21,24H2,1-2H3. The van der Waals surface area contributed by atoms with Crippen LogP contribution in [0.5, 0.6) is 0 Å². The van der Waals surface area contributed by atoms with Gasteiger partial charge in [-0.15, -0.1) is 0 Å². The third-order valence-corrected chi connectivity index (χ3v) is 7.69. The molecule has 2 heteroatoms. The summed E-state index contributed by atoms with van der Waals surface area (Å²) in [6.07, 6.45) is 22.8. The summed E-state index contributed by atoms with van der Waals surface area (Å²) in [5, 5.41) is 1.42. The van der Waals surface area contributed by atoms with E-state index in [4.69, 9.17) is 4.43 Å². The van der Waals surface area contributed by atoms with E-state index >= 15 is 0 Å². The van der Waals surface area contributed by atoms with Crippen LogP contribution in [0.25, 0.3) is 0 Å². The zero-order chi connectivity index (χ0) is 19.4. The van der Waals surface area contributed by atoms with Crippen molar-refractivity contribution < 1.29 is 4.43 Å². The fourth-order valence-corrected chi connectivity index (χ4v) is 5.21. The summed E-state index contributed by atoms with van der Waals surface area (Å²) >= 11 is 0. The molecule has 1 aromatic rings. The molecule has 1 aromatic carbocycles. The molecular formula is C25H46OSi. The molecule has 0 heterocycles. The molecule has 0 N–H and O–H groups in total. The van der Waals surface area contributed by atoms with Crippen molar-refractivity contribution in [1.82, 2.24) is 0 Å². The van der Waals surface area contributed by atoms with Gasteiger partial charge in [0.1, 0.15) is 0 Å². The summed E-state index contributed by atoms with van der Waals surface area (Å²) in [7, 11) is -1.16. The number of benzene rings is 1. The van der Waals surface area contributed by atoms with Gasteiger partial charge < -0.3 is 4.43 Å². The summed E-state index contributed by atoms with van der Waals surface area (Å²) in [5.41, 5.74) is 0. The van der Waals surface area contributed by atoms with Crippen LogP contribution in [0.1, 0.15) is 110 Å². The molecule has 0 aliphatic heterocycles. The number of rotatable bonds is 19. The Hall–Kier alpha value is -0.603. The van der Waals surface area contributed by atoms with Gasteiger partial charge in [-0.1, -0.05) is 134 Å². The van der Waals surface area contributed by atoms with E-state index in [1.165, 1.54) is 108 Å². The Morgan fingerprint density at radius 1 is 0.593 bits per heavy atom. The van der Waals surface area contributed by atoms with E-state index < -0.39 is 9.04 Å². The minimum Gasteiger partial charge on any atom is -0.416 e. The Kier molecular flexibility index (Phi) is 17.0. The van der Waals surface area contributed by atoms with Crippen LogP contribution in [-0.4, -0.2) is 15.6 Å². The van der Waals surface area contributed by atoms with Gasteiger partial charge in [0, 0.05) is 6.61 Å². The van der Waals surface area contributed by atoms with Crippen LogP contribution in [0.4, 0.5) is 0 Å². The number of unbranched alkanes of at least 4 members (excludes halogenated alkanes) is 15. The molecule has 0 bridgehead atoms. The maximum Gasteiger partial charge on any atom is 0.205 e. The first-order valence-corrected chi connectivity index (χ1v) is 14.2. The van der Waals surface area contributed by atoms with E-state index in [0.717, 1.165) is 6.61 Å². The minimum atomic E-state index is -1.16. The van der Waals surface area contributed by atoms with Crippen molar-refractivity contribution in [2.75, 3.05) is 6.61 Å². The molecule has 0 amide bonds. The summed E-state index contributed by atoms with van der Waals surface area (Å²) < 4.78 is 6.09. The van der Waals surface area contributed by atoms with Gasteiger partial charge in [-0.25, -0.2) is 0 Å². The van der Waals surface area contributed by atoms with Crippen molar-refractivity contribution in [3.8, 4) is 0 Å². The lowest BCUT2D eigenvalue weighted by Gasteiger charge is -2.11. The Labute approximate surface area is 172 Å². The van der Waals surface area contributed by atoms with Crippen molar-refractivity contribution in [3.05, 3.63) is 30.3 Å². The van der Waals surface area contributed by atoms with Crippen molar-refractivity contribution in [2.24, 2.45) is 0 Å². The van der Waals surface area contributed by atoms with E-state index in [1.54, 1.807) is 0 Å². The van der Waals surface area contributed by atoms with Gasteiger partial charge in [-0.05, 0) is 18.2 Å². The van der Waals surface area contributed by atoms with E-state index in [2.05, 4.69) is 43.8 Å². The average Bonchev–Trinajstić information content (AvgIpc) is 2.70. The molecule has 0 aromatic heterocycles. The third kappa shape index (κ3) is 15.0. The van der Waals surface area contributed by atoms with Crippen LogP contribution in [0.2, 0.25) is 6.55 Å². The van der Waals surface area contributed by atoms with Crippen LogP contribution in [0, 0.1) is 0 Å². The largest absolute Gasteiger partial charge is 0.416 e. The molecule has 0 aliphatic rings. The van der Waals surface area contributed by atoms with Crippen LogP contribution in [0.15, 0.2) is 30.3 Å². The summed E-state index contributed by atoms with van der Waals surface area (Å²) in [5.74, 6) is 0. The van der Waals surface area contributed by atoms with E-state index in [0.29, 0.717) is 0 Å². The first-order chi connectivity index (χ1) is 13.3. The third-order valence-electron chi connectivity index (χ3n) is 5.63. The van der Waals surface area contributed by atoms with Crippen molar-refractivity contribution in [1.29, 1.82) is 0 Å². The van der Waals surface area contributed by atoms with Gasteiger partial charge in [0.2, 0.25) is 9.04 Å². The van der Waals surface area contributed by atoms with E-state index in [1.807, 2.05) is 0 Å². The summed E-state index contributed by atoms with van der Waals surface area (Å²) in [6.45, 7) is 5.55. The molecule has 1 rings (SSSR count). The first kappa shape index (κ1) is 24.4. The van der Waals surface area contributed by atoms with Crippen LogP contribution < -0.4 is 5.19 Å². The number of hydrogen-bond acceptors (Lipinski definition) is 1. The minimum absolute atomic E-state index is 0.959. The molecule has 156 valence electrons. The lowest BCUT2D eigenvalue weighted by atomic mass is 10.0. The first-order valence-electron chi connectivity index (χ1n) is 12.0. The second-order valence-corrected chi connectivity index (χ2v) is 10.5. The Morgan fingerprint density at radius 2 is 1.00 bits per heavy atom. The van der Waals surface area contributed by atoms with Gasteiger partial charge in [0.05, 0.1) is 0 Å². The topological polar surface area (TPSA) is 9.23 Å². The van der Waals surface area contributed by atoms with Crippen LogP contribution in [0.3, 0.4) is 0 Å². The maximum absolute atomic E-state index is 6.09. The lowest BCUT2D eigenvalue weighted by molar-refractivity contribution is 0.315. The van der Waals surface area contributed by atoms with Gasteiger partial charge in [0.15, 0.2) is 0 Å². The van der Waals surface area contributed by atoms with Crippen molar-refractivity contribution in [3.63, 3.8) is 0 Å². The highest BCUT2D eigenvalue weighted by Gasteiger charge is 2.06. The summed E-state index contributed by atoms with van der Waals surface area (Å²) in [6, 6.07) is 10.8. The van der Waals surface area contributed by atoms with Crippen LogP contribution >= 0.6 is 0 Å². The van der Waals surface area contributed by atoms with Crippen molar-refractivity contribution in [2.45, 2.75) is 116 Å². The zero-order valence-electron chi connectivity index (χ0n) is 18.4. The van der Waals surface area contributed by atoms with Gasteiger partial charge in [0.25, 0.3) is 0 Å².